The van der Waals surface area contributed by atoms with Crippen molar-refractivity contribution in [2.75, 3.05) is 0 Å². The average molecular weight is 281 g/mol. The summed E-state index contributed by atoms with van der Waals surface area (Å²) < 4.78 is 2.11. The van der Waals surface area contributed by atoms with Crippen molar-refractivity contribution in [3.8, 4) is 0 Å². The van der Waals surface area contributed by atoms with Crippen molar-refractivity contribution in [1.29, 1.82) is 0 Å². The predicted molar refractivity (Wildman–Crippen MR) is 87.8 cm³/mol. The molecule has 0 amide bonds. The summed E-state index contributed by atoms with van der Waals surface area (Å²) in [5.41, 5.74) is 4.41. The molecule has 21 heavy (non-hydrogen) atoms. The van der Waals surface area contributed by atoms with E-state index in [0.717, 1.165) is 18.7 Å². The molecule has 2 nitrogen and oxygen atoms in total. The lowest BCUT2D eigenvalue weighted by molar-refractivity contribution is 0.0974. The highest BCUT2D eigenvalue weighted by Gasteiger charge is 2.15. The molecule has 0 atom stereocenters. The van der Waals surface area contributed by atoms with E-state index in [2.05, 4.69) is 36.6 Å². The van der Waals surface area contributed by atoms with Crippen molar-refractivity contribution >= 4 is 5.78 Å². The zero-order valence-corrected chi connectivity index (χ0v) is 13.1. The van der Waals surface area contributed by atoms with Gasteiger partial charge in [-0.3, -0.25) is 4.79 Å². The Balaban J connectivity index is 2.13. The van der Waals surface area contributed by atoms with Gasteiger partial charge in [-0.25, -0.2) is 0 Å². The molecule has 0 radical (unpaired) electrons. The first-order valence-corrected chi connectivity index (χ1v) is 7.48. The van der Waals surface area contributed by atoms with E-state index in [-0.39, 0.29) is 5.78 Å². The van der Waals surface area contributed by atoms with Crippen LogP contribution in [0, 0.1) is 13.8 Å². The van der Waals surface area contributed by atoms with Gasteiger partial charge in [0.25, 0.3) is 0 Å². The van der Waals surface area contributed by atoms with Crippen LogP contribution in [0.5, 0.6) is 0 Å². The normalized spacial score (nSPS) is 11.2. The third-order valence-electron chi connectivity index (χ3n) is 3.91. The predicted octanol–water partition coefficient (Wildman–Crippen LogP) is 4.50. The van der Waals surface area contributed by atoms with Crippen LogP contribution in [0.15, 0.2) is 48.6 Å². The number of carbonyl (C=O) groups excluding carboxylic acids is 1. The molecule has 0 aliphatic carbocycles. The third-order valence-corrected chi connectivity index (χ3v) is 3.91. The first kappa shape index (κ1) is 15.3. The Kier molecular flexibility index (Phi) is 5.15. The summed E-state index contributed by atoms with van der Waals surface area (Å²) in [5.74, 6) is 0.222. The molecular weight excluding hydrogens is 258 g/mol. The molecule has 110 valence electrons. The number of aryl methyl sites for hydroxylation is 2. The number of Topliss-reactive ketones (excluding diaryl/α,β-unsaturated/α-hetero) is 1. The summed E-state index contributed by atoms with van der Waals surface area (Å²) >= 11 is 0. The minimum atomic E-state index is 0.222. The Morgan fingerprint density at radius 2 is 1.90 bits per heavy atom. The Bertz CT molecular complexity index is 635. The Hall–Kier alpha value is -2.09. The maximum absolute atomic E-state index is 12.5. The van der Waals surface area contributed by atoms with Crippen LogP contribution in [0.2, 0.25) is 0 Å². The molecule has 0 aliphatic heterocycles. The van der Waals surface area contributed by atoms with Gasteiger partial charge < -0.3 is 4.57 Å². The number of nitrogens with zero attached hydrogens (tertiary/aromatic N) is 1. The topological polar surface area (TPSA) is 22.0 Å². The average Bonchev–Trinajstić information content (AvgIpc) is 2.79. The van der Waals surface area contributed by atoms with Crippen molar-refractivity contribution in [3.05, 3.63) is 71.1 Å². The van der Waals surface area contributed by atoms with Gasteiger partial charge >= 0.3 is 0 Å². The number of hydrogen-bond donors (Lipinski definition) is 0. The maximum atomic E-state index is 12.5. The fourth-order valence-electron chi connectivity index (χ4n) is 2.49. The molecule has 0 saturated carbocycles. The summed E-state index contributed by atoms with van der Waals surface area (Å²) in [4.78, 5) is 12.5. The van der Waals surface area contributed by atoms with Gasteiger partial charge in [-0.1, -0.05) is 42.5 Å². The van der Waals surface area contributed by atoms with Crippen LogP contribution in [-0.2, 0) is 13.0 Å². The number of carbonyl (C=O) groups is 1. The molecule has 0 unspecified atom stereocenters. The number of ketones is 1. The van der Waals surface area contributed by atoms with E-state index in [4.69, 9.17) is 0 Å². The zero-order chi connectivity index (χ0) is 15.2. The molecule has 1 aromatic heterocycles. The number of aromatic nitrogens is 1. The summed E-state index contributed by atoms with van der Waals surface area (Å²) in [5, 5.41) is 0. The second-order valence-electron chi connectivity index (χ2n) is 5.39. The smallest absolute Gasteiger partial charge is 0.179 e. The maximum Gasteiger partial charge on any atom is 0.179 e. The van der Waals surface area contributed by atoms with Gasteiger partial charge in [0.2, 0.25) is 0 Å². The molecule has 1 aromatic carbocycles. The van der Waals surface area contributed by atoms with Gasteiger partial charge in [0.1, 0.15) is 0 Å². The molecule has 0 spiro atoms. The molecule has 2 rings (SSSR count). The van der Waals surface area contributed by atoms with Gasteiger partial charge in [-0.2, -0.15) is 0 Å². The minimum Gasteiger partial charge on any atom is -0.338 e. The molecule has 1 heterocycles. The van der Waals surface area contributed by atoms with Crippen LogP contribution in [0.3, 0.4) is 0 Å². The zero-order valence-electron chi connectivity index (χ0n) is 13.1. The van der Waals surface area contributed by atoms with E-state index in [1.165, 1.54) is 16.8 Å². The van der Waals surface area contributed by atoms with E-state index in [1.54, 1.807) is 0 Å². The molecule has 2 aromatic rings. The van der Waals surface area contributed by atoms with Crippen LogP contribution in [0.25, 0.3) is 0 Å². The first-order chi connectivity index (χ1) is 10.1. The van der Waals surface area contributed by atoms with Crippen molar-refractivity contribution in [2.24, 2.45) is 0 Å². The van der Waals surface area contributed by atoms with Crippen LogP contribution < -0.4 is 0 Å². The molecule has 0 saturated heterocycles. The van der Waals surface area contributed by atoms with Crippen LogP contribution in [0.4, 0.5) is 0 Å². The lowest BCUT2D eigenvalue weighted by Gasteiger charge is -2.09. The number of benzene rings is 1. The Morgan fingerprint density at radius 1 is 1.19 bits per heavy atom. The van der Waals surface area contributed by atoms with Gasteiger partial charge in [-0.05, 0) is 44.4 Å². The van der Waals surface area contributed by atoms with E-state index < -0.39 is 0 Å². The summed E-state index contributed by atoms with van der Waals surface area (Å²) in [6, 6.07) is 12.2. The van der Waals surface area contributed by atoms with Crippen molar-refractivity contribution in [2.45, 2.75) is 40.2 Å². The van der Waals surface area contributed by atoms with Crippen molar-refractivity contribution in [3.63, 3.8) is 0 Å². The Labute approximate surface area is 127 Å². The lowest BCUT2D eigenvalue weighted by atomic mass is 10.1. The first-order valence-electron chi connectivity index (χ1n) is 7.48. The van der Waals surface area contributed by atoms with Gasteiger partial charge in [0.15, 0.2) is 5.78 Å². The van der Waals surface area contributed by atoms with E-state index >= 15 is 0 Å². The second kappa shape index (κ2) is 7.07. The molecule has 0 aliphatic rings. The minimum absolute atomic E-state index is 0.222. The van der Waals surface area contributed by atoms with Gasteiger partial charge in [-0.15, -0.1) is 0 Å². The SMILES string of the molecule is CC=CCn1c(C(=O)CCc2ccccc2)cc(C)c1C. The molecule has 2 heteroatoms. The number of allylic oxidation sites excluding steroid dienone is 2. The van der Waals surface area contributed by atoms with Crippen LogP contribution in [0.1, 0.15) is 40.7 Å². The Morgan fingerprint density at radius 3 is 2.57 bits per heavy atom. The van der Waals surface area contributed by atoms with E-state index in [1.807, 2.05) is 37.3 Å². The highest BCUT2D eigenvalue weighted by Crippen LogP contribution is 2.17. The van der Waals surface area contributed by atoms with E-state index in [9.17, 15) is 4.79 Å². The fraction of sp³-hybridized carbons (Fsp3) is 0.316. The third kappa shape index (κ3) is 3.72. The quantitative estimate of drug-likeness (QED) is 0.564. The van der Waals surface area contributed by atoms with Crippen LogP contribution >= 0.6 is 0 Å². The largest absolute Gasteiger partial charge is 0.338 e. The monoisotopic (exact) mass is 281 g/mol. The van der Waals surface area contributed by atoms with Crippen molar-refractivity contribution in [1.82, 2.24) is 4.57 Å². The number of hydrogen-bond acceptors (Lipinski definition) is 1. The summed E-state index contributed by atoms with van der Waals surface area (Å²) in [7, 11) is 0. The molecular formula is C19H23NO. The standard InChI is InChI=1S/C19H23NO/c1-4-5-13-20-16(3)15(2)14-18(20)19(21)12-11-17-9-7-6-8-10-17/h4-10,14H,11-13H2,1-3H3. The second-order valence-corrected chi connectivity index (χ2v) is 5.39. The number of rotatable bonds is 6. The van der Waals surface area contributed by atoms with Crippen molar-refractivity contribution < 1.29 is 4.79 Å². The molecule has 0 N–H and O–H groups in total. The van der Waals surface area contributed by atoms with Gasteiger partial charge in [0, 0.05) is 18.7 Å². The summed E-state index contributed by atoms with van der Waals surface area (Å²) in [6.45, 7) is 6.91. The lowest BCUT2D eigenvalue weighted by Crippen LogP contribution is -2.10. The van der Waals surface area contributed by atoms with Gasteiger partial charge in [0.05, 0.1) is 5.69 Å². The summed E-state index contributed by atoms with van der Waals surface area (Å²) in [6.07, 6.45) is 5.46. The molecule has 0 fully saturated rings. The molecule has 0 bridgehead atoms. The van der Waals surface area contributed by atoms with E-state index in [0.29, 0.717) is 6.42 Å². The highest BCUT2D eigenvalue weighted by atomic mass is 16.1. The fourth-order valence-corrected chi connectivity index (χ4v) is 2.49. The highest BCUT2D eigenvalue weighted by molar-refractivity contribution is 5.95. The van der Waals surface area contributed by atoms with Crippen LogP contribution in [-0.4, -0.2) is 10.4 Å².